The number of nitriles is 1. The van der Waals surface area contributed by atoms with Crippen molar-refractivity contribution in [3.63, 3.8) is 0 Å². The fourth-order valence-electron chi connectivity index (χ4n) is 2.92. The van der Waals surface area contributed by atoms with Crippen molar-refractivity contribution in [2.24, 2.45) is 0 Å². The first-order valence-electron chi connectivity index (χ1n) is 9.69. The molecule has 4 aromatic rings. The molecule has 33 heavy (non-hydrogen) atoms. The predicted molar refractivity (Wildman–Crippen MR) is 121 cm³/mol. The third kappa shape index (κ3) is 4.89. The number of carbonyl (C=O) groups is 2. The van der Waals surface area contributed by atoms with Gasteiger partial charge in [-0.1, -0.05) is 18.2 Å². The molecular weight excluding hydrogens is 442 g/mol. The average molecular weight is 459 g/mol. The van der Waals surface area contributed by atoms with Gasteiger partial charge in [-0.3, -0.25) is 4.79 Å². The van der Waals surface area contributed by atoms with Gasteiger partial charge in [0.1, 0.15) is 22.4 Å². The minimum absolute atomic E-state index is 0.102. The van der Waals surface area contributed by atoms with Crippen molar-refractivity contribution in [1.29, 1.82) is 5.26 Å². The first-order valence-corrected chi connectivity index (χ1v) is 10.6. The van der Waals surface area contributed by atoms with Gasteiger partial charge in [0.25, 0.3) is 5.91 Å². The van der Waals surface area contributed by atoms with E-state index in [0.29, 0.717) is 16.4 Å². The fourth-order valence-corrected chi connectivity index (χ4v) is 3.72. The lowest BCUT2D eigenvalue weighted by Crippen LogP contribution is -2.23. The molecule has 0 radical (unpaired) electrons. The number of ether oxygens (including phenoxy) is 2. The van der Waals surface area contributed by atoms with Crippen LogP contribution in [0, 0.1) is 11.3 Å². The Balaban J connectivity index is 1.40. The second-order valence-electron chi connectivity index (χ2n) is 6.66. The smallest absolute Gasteiger partial charge is 0.358 e. The molecule has 2 aromatic heterocycles. The molecule has 0 aliphatic heterocycles. The number of thiazole rings is 1. The van der Waals surface area contributed by atoms with Crippen molar-refractivity contribution in [2.75, 3.05) is 19.0 Å². The first-order chi connectivity index (χ1) is 16.1. The van der Waals surface area contributed by atoms with Gasteiger partial charge in [-0.2, -0.15) is 10.4 Å². The van der Waals surface area contributed by atoms with E-state index in [9.17, 15) is 14.9 Å². The van der Waals surface area contributed by atoms with Gasteiger partial charge in [0.05, 0.1) is 19.0 Å². The Morgan fingerprint density at radius 2 is 1.91 bits per heavy atom. The van der Waals surface area contributed by atoms with Gasteiger partial charge in [0.15, 0.2) is 18.1 Å². The third-order valence-electron chi connectivity index (χ3n) is 4.53. The monoisotopic (exact) mass is 459 g/mol. The zero-order valence-corrected chi connectivity index (χ0v) is 18.2. The average Bonchev–Trinajstić information content (AvgIpc) is 3.51. The first kappa shape index (κ1) is 21.7. The van der Waals surface area contributed by atoms with E-state index in [4.69, 9.17) is 9.47 Å². The maximum Gasteiger partial charge on any atom is 0.358 e. The van der Waals surface area contributed by atoms with Gasteiger partial charge in [-0.25, -0.2) is 14.5 Å². The Kier molecular flexibility index (Phi) is 6.43. The zero-order valence-electron chi connectivity index (χ0n) is 17.4. The lowest BCUT2D eigenvalue weighted by Gasteiger charge is -2.09. The highest BCUT2D eigenvalue weighted by molar-refractivity contribution is 7.13. The van der Waals surface area contributed by atoms with Crippen LogP contribution in [-0.2, 0) is 9.53 Å². The van der Waals surface area contributed by atoms with Crippen LogP contribution in [0.2, 0.25) is 0 Å². The Morgan fingerprint density at radius 1 is 1.15 bits per heavy atom. The van der Waals surface area contributed by atoms with Crippen molar-refractivity contribution in [2.45, 2.75) is 0 Å². The number of amides is 1. The number of hydrogen-bond acceptors (Lipinski definition) is 8. The number of nitrogens with one attached hydrogen (secondary N) is 1. The molecule has 0 saturated heterocycles. The highest BCUT2D eigenvalue weighted by Crippen LogP contribution is 2.26. The number of hydrogen-bond donors (Lipinski definition) is 1. The van der Waals surface area contributed by atoms with Crippen LogP contribution >= 0.6 is 11.3 Å². The van der Waals surface area contributed by atoms with Gasteiger partial charge in [0, 0.05) is 10.9 Å². The van der Waals surface area contributed by atoms with E-state index in [1.165, 1.54) is 22.2 Å². The number of nitrogens with zero attached hydrogens (tertiary/aromatic N) is 4. The zero-order chi connectivity index (χ0) is 23.2. The number of para-hydroxylation sites is 1. The molecule has 1 N–H and O–H groups in total. The Morgan fingerprint density at radius 3 is 2.61 bits per heavy atom. The van der Waals surface area contributed by atoms with Crippen LogP contribution in [0.5, 0.6) is 5.75 Å². The minimum atomic E-state index is -0.724. The second-order valence-corrected chi connectivity index (χ2v) is 7.51. The minimum Gasteiger partial charge on any atom is -0.497 e. The number of anilines is 1. The molecule has 164 valence electrons. The molecule has 0 saturated carbocycles. The SMILES string of the molecule is COc1ccc(-c2nc(C(=O)OCC(=O)Nc3c(C#N)cnn3-c3ccccc3)cs2)cc1. The summed E-state index contributed by atoms with van der Waals surface area (Å²) in [5, 5.41) is 18.3. The van der Waals surface area contributed by atoms with E-state index in [2.05, 4.69) is 15.4 Å². The molecule has 1 amide bonds. The van der Waals surface area contributed by atoms with E-state index in [1.54, 1.807) is 36.8 Å². The molecule has 0 aliphatic carbocycles. The van der Waals surface area contributed by atoms with Gasteiger partial charge < -0.3 is 14.8 Å². The summed E-state index contributed by atoms with van der Waals surface area (Å²) in [7, 11) is 1.58. The summed E-state index contributed by atoms with van der Waals surface area (Å²) >= 11 is 1.29. The second kappa shape index (κ2) is 9.76. The van der Waals surface area contributed by atoms with Crippen LogP contribution in [0.15, 0.2) is 66.2 Å². The standard InChI is InChI=1S/C23H17N5O4S/c1-31-18-9-7-15(8-10-18)22-26-19(14-33-22)23(30)32-13-20(29)27-21-16(11-24)12-25-28(21)17-5-3-2-4-6-17/h2-10,12,14H,13H2,1H3,(H,27,29). The van der Waals surface area contributed by atoms with Crippen molar-refractivity contribution in [3.05, 3.63) is 77.4 Å². The molecule has 0 fully saturated rings. The van der Waals surface area contributed by atoms with Crippen LogP contribution < -0.4 is 10.1 Å². The molecule has 2 heterocycles. The van der Waals surface area contributed by atoms with Gasteiger partial charge in [0.2, 0.25) is 0 Å². The molecule has 10 heteroatoms. The summed E-state index contributed by atoms with van der Waals surface area (Å²) < 4.78 is 11.7. The van der Waals surface area contributed by atoms with Gasteiger partial charge in [-0.15, -0.1) is 11.3 Å². The van der Waals surface area contributed by atoms with Crippen LogP contribution in [0.3, 0.4) is 0 Å². The van der Waals surface area contributed by atoms with Crippen LogP contribution in [0.4, 0.5) is 5.82 Å². The summed E-state index contributed by atoms with van der Waals surface area (Å²) in [6.45, 7) is -0.543. The van der Waals surface area contributed by atoms with Crippen molar-refractivity contribution < 1.29 is 19.1 Å². The Hall–Kier alpha value is -4.49. The highest BCUT2D eigenvalue weighted by Gasteiger charge is 2.18. The number of carbonyl (C=O) groups excluding carboxylic acids is 2. The third-order valence-corrected chi connectivity index (χ3v) is 5.42. The van der Waals surface area contributed by atoms with Gasteiger partial charge in [-0.05, 0) is 36.4 Å². The van der Waals surface area contributed by atoms with E-state index in [-0.39, 0.29) is 17.1 Å². The molecule has 0 aliphatic rings. The van der Waals surface area contributed by atoms with Gasteiger partial charge >= 0.3 is 5.97 Å². The number of rotatable bonds is 7. The van der Waals surface area contributed by atoms with E-state index in [1.807, 2.05) is 36.4 Å². The maximum absolute atomic E-state index is 12.4. The maximum atomic E-state index is 12.4. The quantitative estimate of drug-likeness (QED) is 0.419. The number of aromatic nitrogens is 3. The van der Waals surface area contributed by atoms with E-state index in [0.717, 1.165) is 5.56 Å². The molecule has 9 nitrogen and oxygen atoms in total. The largest absolute Gasteiger partial charge is 0.497 e. The normalized spacial score (nSPS) is 10.3. The van der Waals surface area contributed by atoms with Crippen LogP contribution in [0.1, 0.15) is 16.1 Å². The summed E-state index contributed by atoms with van der Waals surface area (Å²) in [6, 6.07) is 18.3. The molecular formula is C23H17N5O4S. The molecule has 0 unspecified atom stereocenters. The highest BCUT2D eigenvalue weighted by atomic mass is 32.1. The Bertz CT molecular complexity index is 1320. The summed E-state index contributed by atoms with van der Waals surface area (Å²) in [5.41, 5.74) is 1.78. The van der Waals surface area contributed by atoms with Crippen molar-refractivity contribution >= 4 is 29.0 Å². The number of benzene rings is 2. The Labute approximate surface area is 192 Å². The van der Waals surface area contributed by atoms with Crippen molar-refractivity contribution in [3.8, 4) is 28.1 Å². The molecule has 0 bridgehead atoms. The van der Waals surface area contributed by atoms with E-state index >= 15 is 0 Å². The summed E-state index contributed by atoms with van der Waals surface area (Å²) in [4.78, 5) is 29.1. The lowest BCUT2D eigenvalue weighted by atomic mass is 10.2. The molecule has 0 spiro atoms. The van der Waals surface area contributed by atoms with Crippen LogP contribution in [-0.4, -0.2) is 40.4 Å². The topological polar surface area (TPSA) is 119 Å². The van der Waals surface area contributed by atoms with Crippen molar-refractivity contribution in [1.82, 2.24) is 14.8 Å². The summed E-state index contributed by atoms with van der Waals surface area (Å²) in [6.07, 6.45) is 1.35. The molecule has 0 atom stereocenters. The number of methoxy groups -OCH3 is 1. The lowest BCUT2D eigenvalue weighted by molar-refractivity contribution is -0.119. The predicted octanol–water partition coefficient (Wildman–Crippen LogP) is 3.67. The summed E-state index contributed by atoms with van der Waals surface area (Å²) in [5.74, 6) is -0.421. The number of esters is 1. The molecule has 4 rings (SSSR count). The van der Waals surface area contributed by atoms with Crippen LogP contribution in [0.25, 0.3) is 16.3 Å². The van der Waals surface area contributed by atoms with E-state index < -0.39 is 18.5 Å². The fraction of sp³-hybridized carbons (Fsp3) is 0.0870. The molecule has 2 aromatic carbocycles.